The van der Waals surface area contributed by atoms with E-state index in [4.69, 9.17) is 5.73 Å². The molecule has 108 valence electrons. The molecular formula is C16H34N2. The first-order valence-corrected chi connectivity index (χ1v) is 7.93. The topological polar surface area (TPSA) is 29.3 Å². The van der Waals surface area contributed by atoms with Crippen LogP contribution in [0.4, 0.5) is 0 Å². The van der Waals surface area contributed by atoms with E-state index in [0.717, 1.165) is 18.4 Å². The highest BCUT2D eigenvalue weighted by Crippen LogP contribution is 2.39. The van der Waals surface area contributed by atoms with Gasteiger partial charge in [0.05, 0.1) is 0 Å². The molecule has 0 aliphatic heterocycles. The van der Waals surface area contributed by atoms with Gasteiger partial charge in [0.25, 0.3) is 0 Å². The summed E-state index contributed by atoms with van der Waals surface area (Å²) < 4.78 is 0. The van der Waals surface area contributed by atoms with Gasteiger partial charge in [0, 0.05) is 24.7 Å². The summed E-state index contributed by atoms with van der Waals surface area (Å²) in [6.07, 6.45) is 6.63. The van der Waals surface area contributed by atoms with E-state index in [-0.39, 0.29) is 5.54 Å². The van der Waals surface area contributed by atoms with Crippen LogP contribution in [-0.2, 0) is 0 Å². The maximum Gasteiger partial charge on any atom is 0.0309 e. The quantitative estimate of drug-likeness (QED) is 0.680. The molecule has 0 radical (unpaired) electrons. The van der Waals surface area contributed by atoms with Crippen LogP contribution in [0.3, 0.4) is 0 Å². The minimum Gasteiger partial charge on any atom is -0.329 e. The fourth-order valence-electron chi connectivity index (χ4n) is 3.19. The molecule has 0 aromatic heterocycles. The van der Waals surface area contributed by atoms with Gasteiger partial charge in [-0.1, -0.05) is 40.5 Å². The highest BCUT2D eigenvalue weighted by Gasteiger charge is 2.39. The van der Waals surface area contributed by atoms with Crippen molar-refractivity contribution >= 4 is 0 Å². The average Bonchev–Trinajstić information content (AvgIpc) is 3.12. The highest BCUT2D eigenvalue weighted by molar-refractivity contribution is 4.95. The molecule has 0 heterocycles. The van der Waals surface area contributed by atoms with Gasteiger partial charge in [-0.3, -0.25) is 4.90 Å². The molecular weight excluding hydrogens is 220 g/mol. The third-order valence-electron chi connectivity index (χ3n) is 4.50. The molecule has 0 aromatic rings. The highest BCUT2D eigenvalue weighted by atomic mass is 15.2. The number of nitrogens with zero attached hydrogens (tertiary/aromatic N) is 1. The zero-order valence-electron chi connectivity index (χ0n) is 13.2. The predicted molar refractivity (Wildman–Crippen MR) is 80.7 cm³/mol. The molecule has 0 saturated heterocycles. The second-order valence-corrected chi connectivity index (χ2v) is 6.87. The van der Waals surface area contributed by atoms with Gasteiger partial charge in [-0.05, 0) is 38.0 Å². The zero-order chi connectivity index (χ0) is 13.8. The Morgan fingerprint density at radius 3 is 2.11 bits per heavy atom. The minimum atomic E-state index is 0.210. The number of nitrogens with two attached hydrogens (primary N) is 1. The maximum atomic E-state index is 6.17. The van der Waals surface area contributed by atoms with Crippen LogP contribution in [0.25, 0.3) is 0 Å². The van der Waals surface area contributed by atoms with Crippen molar-refractivity contribution in [2.75, 3.05) is 13.1 Å². The minimum absolute atomic E-state index is 0.210. The normalized spacial score (nSPS) is 19.8. The van der Waals surface area contributed by atoms with Crippen LogP contribution in [0.15, 0.2) is 0 Å². The smallest absolute Gasteiger partial charge is 0.0309 e. The molecule has 1 fully saturated rings. The van der Waals surface area contributed by atoms with Crippen molar-refractivity contribution in [3.05, 3.63) is 0 Å². The summed E-state index contributed by atoms with van der Waals surface area (Å²) in [5, 5.41) is 0. The lowest BCUT2D eigenvalue weighted by molar-refractivity contribution is 0.0341. The van der Waals surface area contributed by atoms with E-state index >= 15 is 0 Å². The first-order valence-electron chi connectivity index (χ1n) is 7.93. The summed E-state index contributed by atoms with van der Waals surface area (Å²) in [5.41, 5.74) is 6.38. The maximum absolute atomic E-state index is 6.17. The lowest BCUT2D eigenvalue weighted by atomic mass is 9.88. The van der Waals surface area contributed by atoms with Crippen molar-refractivity contribution in [1.29, 1.82) is 0 Å². The van der Waals surface area contributed by atoms with E-state index in [1.54, 1.807) is 0 Å². The van der Waals surface area contributed by atoms with E-state index in [1.807, 2.05) is 0 Å². The second kappa shape index (κ2) is 6.91. The average molecular weight is 254 g/mol. The van der Waals surface area contributed by atoms with E-state index in [0.29, 0.717) is 6.04 Å². The Morgan fingerprint density at radius 1 is 1.22 bits per heavy atom. The van der Waals surface area contributed by atoms with Gasteiger partial charge in [-0.25, -0.2) is 0 Å². The van der Waals surface area contributed by atoms with E-state index in [2.05, 4.69) is 39.5 Å². The molecule has 1 aliphatic rings. The first kappa shape index (κ1) is 16.0. The van der Waals surface area contributed by atoms with Crippen molar-refractivity contribution in [1.82, 2.24) is 4.90 Å². The fraction of sp³-hybridized carbons (Fsp3) is 1.00. The Balaban J connectivity index is 2.81. The fourth-order valence-corrected chi connectivity index (χ4v) is 3.19. The number of hydrogen-bond donors (Lipinski definition) is 1. The van der Waals surface area contributed by atoms with Gasteiger partial charge in [-0.15, -0.1) is 0 Å². The first-order chi connectivity index (χ1) is 8.46. The molecule has 0 aromatic carbocycles. The molecule has 1 unspecified atom stereocenters. The summed E-state index contributed by atoms with van der Waals surface area (Å²) in [6.45, 7) is 13.7. The van der Waals surface area contributed by atoms with Crippen LogP contribution >= 0.6 is 0 Å². The summed E-state index contributed by atoms with van der Waals surface area (Å²) in [5.74, 6) is 1.67. The molecule has 1 saturated carbocycles. The molecule has 0 amide bonds. The lowest BCUT2D eigenvalue weighted by Crippen LogP contribution is -2.57. The Kier molecular flexibility index (Phi) is 6.13. The lowest BCUT2D eigenvalue weighted by Gasteiger charge is -2.46. The van der Waals surface area contributed by atoms with Gasteiger partial charge in [0.2, 0.25) is 0 Å². The van der Waals surface area contributed by atoms with Gasteiger partial charge in [0.15, 0.2) is 0 Å². The SMILES string of the molecule is CCC(CC)N(CC(C)C)C(C)(CN)CC1CC1. The molecule has 2 heteroatoms. The summed E-state index contributed by atoms with van der Waals surface area (Å²) in [4.78, 5) is 2.73. The Labute approximate surface area is 114 Å². The number of rotatable bonds is 9. The van der Waals surface area contributed by atoms with E-state index in [1.165, 1.54) is 38.6 Å². The van der Waals surface area contributed by atoms with Crippen LogP contribution < -0.4 is 5.73 Å². The third kappa shape index (κ3) is 4.24. The van der Waals surface area contributed by atoms with Crippen molar-refractivity contribution in [3.63, 3.8) is 0 Å². The molecule has 0 spiro atoms. The third-order valence-corrected chi connectivity index (χ3v) is 4.50. The van der Waals surface area contributed by atoms with Crippen molar-refractivity contribution < 1.29 is 0 Å². The molecule has 2 N–H and O–H groups in total. The van der Waals surface area contributed by atoms with Crippen molar-refractivity contribution in [2.45, 2.75) is 78.3 Å². The zero-order valence-corrected chi connectivity index (χ0v) is 13.2. The largest absolute Gasteiger partial charge is 0.329 e. The van der Waals surface area contributed by atoms with Crippen molar-refractivity contribution in [2.24, 2.45) is 17.6 Å². The van der Waals surface area contributed by atoms with Crippen LogP contribution in [0.5, 0.6) is 0 Å². The van der Waals surface area contributed by atoms with E-state index in [9.17, 15) is 0 Å². The Morgan fingerprint density at radius 2 is 1.78 bits per heavy atom. The second-order valence-electron chi connectivity index (χ2n) is 6.87. The van der Waals surface area contributed by atoms with Crippen LogP contribution in [0.2, 0.25) is 0 Å². The number of hydrogen-bond acceptors (Lipinski definition) is 2. The Hall–Kier alpha value is -0.0800. The molecule has 1 aliphatic carbocycles. The predicted octanol–water partition coefficient (Wildman–Crippen LogP) is 3.65. The molecule has 1 atom stereocenters. The molecule has 2 nitrogen and oxygen atoms in total. The standard InChI is InChI=1S/C16H34N2/c1-6-15(7-2)18(11-13(3)4)16(5,12-17)10-14-8-9-14/h13-15H,6-12,17H2,1-5H3. The van der Waals surface area contributed by atoms with Gasteiger partial charge in [-0.2, -0.15) is 0 Å². The molecule has 1 rings (SSSR count). The summed E-state index contributed by atoms with van der Waals surface area (Å²) in [7, 11) is 0. The molecule has 0 bridgehead atoms. The molecule has 18 heavy (non-hydrogen) atoms. The van der Waals surface area contributed by atoms with Gasteiger partial charge >= 0.3 is 0 Å². The van der Waals surface area contributed by atoms with Crippen LogP contribution in [0, 0.1) is 11.8 Å². The summed E-state index contributed by atoms with van der Waals surface area (Å²) >= 11 is 0. The van der Waals surface area contributed by atoms with Crippen molar-refractivity contribution in [3.8, 4) is 0 Å². The van der Waals surface area contributed by atoms with Gasteiger partial charge < -0.3 is 5.73 Å². The van der Waals surface area contributed by atoms with Crippen LogP contribution in [-0.4, -0.2) is 29.6 Å². The summed E-state index contributed by atoms with van der Waals surface area (Å²) in [6, 6.07) is 0.694. The monoisotopic (exact) mass is 254 g/mol. The van der Waals surface area contributed by atoms with Gasteiger partial charge in [0.1, 0.15) is 0 Å². The van der Waals surface area contributed by atoms with Crippen LogP contribution in [0.1, 0.15) is 66.7 Å². The Bertz CT molecular complexity index is 231. The van der Waals surface area contributed by atoms with E-state index < -0.39 is 0 Å².